The molecule has 0 bridgehead atoms. The maximum Gasteiger partial charge on any atom is 0.340 e. The predicted molar refractivity (Wildman–Crippen MR) is 68.6 cm³/mol. The summed E-state index contributed by atoms with van der Waals surface area (Å²) in [5.41, 5.74) is 10.1. The van der Waals surface area contributed by atoms with Gasteiger partial charge in [-0.2, -0.15) is 0 Å². The summed E-state index contributed by atoms with van der Waals surface area (Å²) in [5.74, 6) is -0.977. The molecule has 19 heavy (non-hydrogen) atoms. The van der Waals surface area contributed by atoms with Gasteiger partial charge in [0.05, 0.1) is 6.54 Å². The summed E-state index contributed by atoms with van der Waals surface area (Å²) in [7, 11) is 0. The Hall–Kier alpha value is -2.41. The SMILES string of the molecule is NCC(=O)NNC(=O)NC(=O)CCc1ccccc1. The molecule has 0 heterocycles. The first kappa shape index (κ1) is 14.7. The van der Waals surface area contributed by atoms with Gasteiger partial charge in [-0.15, -0.1) is 0 Å². The molecule has 0 saturated carbocycles. The molecule has 0 aliphatic heterocycles. The van der Waals surface area contributed by atoms with Gasteiger partial charge in [-0.3, -0.25) is 20.3 Å². The smallest absolute Gasteiger partial charge is 0.322 e. The van der Waals surface area contributed by atoms with Crippen molar-refractivity contribution in [2.24, 2.45) is 5.73 Å². The number of hydrazine groups is 1. The average Bonchev–Trinajstić information content (AvgIpc) is 2.43. The Morgan fingerprint density at radius 1 is 1.00 bits per heavy atom. The number of benzene rings is 1. The largest absolute Gasteiger partial charge is 0.340 e. The summed E-state index contributed by atoms with van der Waals surface area (Å²) in [4.78, 5) is 33.4. The number of rotatable bonds is 4. The van der Waals surface area contributed by atoms with Crippen molar-refractivity contribution in [3.63, 3.8) is 0 Å². The molecule has 0 atom stereocenters. The van der Waals surface area contributed by atoms with Gasteiger partial charge in [0, 0.05) is 6.42 Å². The zero-order chi connectivity index (χ0) is 14.1. The van der Waals surface area contributed by atoms with E-state index < -0.39 is 17.8 Å². The number of urea groups is 1. The summed E-state index contributed by atoms with van der Waals surface area (Å²) in [6.45, 7) is -0.248. The molecule has 4 amide bonds. The zero-order valence-electron chi connectivity index (χ0n) is 10.3. The number of nitrogens with two attached hydrogens (primary N) is 1. The van der Waals surface area contributed by atoms with Crippen molar-refractivity contribution < 1.29 is 14.4 Å². The number of amides is 4. The Morgan fingerprint density at radius 2 is 1.68 bits per heavy atom. The van der Waals surface area contributed by atoms with E-state index in [2.05, 4.69) is 5.32 Å². The van der Waals surface area contributed by atoms with Crippen molar-refractivity contribution in [2.45, 2.75) is 12.8 Å². The quantitative estimate of drug-likeness (QED) is 0.545. The van der Waals surface area contributed by atoms with Crippen LogP contribution in [0.5, 0.6) is 0 Å². The van der Waals surface area contributed by atoms with Crippen LogP contribution in [0.15, 0.2) is 30.3 Å². The lowest BCUT2D eigenvalue weighted by Gasteiger charge is -2.07. The van der Waals surface area contributed by atoms with E-state index >= 15 is 0 Å². The highest BCUT2D eigenvalue weighted by atomic mass is 16.2. The minimum absolute atomic E-state index is 0.183. The van der Waals surface area contributed by atoms with Gasteiger partial charge in [-0.05, 0) is 12.0 Å². The lowest BCUT2D eigenvalue weighted by Crippen LogP contribution is -2.50. The van der Waals surface area contributed by atoms with Crippen molar-refractivity contribution in [1.29, 1.82) is 0 Å². The summed E-state index contributed by atoms with van der Waals surface area (Å²) in [6, 6.07) is 8.64. The predicted octanol–water partition coefficient (Wildman–Crippen LogP) is -0.565. The van der Waals surface area contributed by atoms with E-state index in [9.17, 15) is 14.4 Å². The van der Waals surface area contributed by atoms with E-state index in [1.165, 1.54) is 0 Å². The molecule has 1 aromatic rings. The highest BCUT2D eigenvalue weighted by Crippen LogP contribution is 2.01. The van der Waals surface area contributed by atoms with Crippen LogP contribution in [0.25, 0.3) is 0 Å². The summed E-state index contributed by atoms with van der Waals surface area (Å²) in [6.07, 6.45) is 0.720. The molecule has 1 aromatic carbocycles. The summed E-state index contributed by atoms with van der Waals surface area (Å²) in [5, 5.41) is 2.09. The van der Waals surface area contributed by atoms with Gasteiger partial charge in [0.2, 0.25) is 5.91 Å². The molecular weight excluding hydrogens is 248 g/mol. The monoisotopic (exact) mass is 264 g/mol. The van der Waals surface area contributed by atoms with Crippen LogP contribution in [0.1, 0.15) is 12.0 Å². The van der Waals surface area contributed by atoms with Crippen LogP contribution in [0, 0.1) is 0 Å². The molecule has 0 fully saturated rings. The van der Waals surface area contributed by atoms with Gasteiger partial charge in [0.25, 0.3) is 5.91 Å². The number of hydrogen-bond donors (Lipinski definition) is 4. The third-order valence-electron chi connectivity index (χ3n) is 2.24. The maximum absolute atomic E-state index is 11.4. The van der Waals surface area contributed by atoms with E-state index in [1.807, 2.05) is 41.2 Å². The second-order valence-corrected chi connectivity index (χ2v) is 3.74. The van der Waals surface area contributed by atoms with Gasteiger partial charge >= 0.3 is 6.03 Å². The Bertz CT molecular complexity index is 448. The van der Waals surface area contributed by atoms with Crippen molar-refractivity contribution in [2.75, 3.05) is 6.54 Å². The number of aryl methyl sites for hydroxylation is 1. The van der Waals surface area contributed by atoms with Crippen LogP contribution in [-0.4, -0.2) is 24.4 Å². The molecule has 0 aromatic heterocycles. The van der Waals surface area contributed by atoms with Crippen LogP contribution in [0.4, 0.5) is 4.79 Å². The second kappa shape index (κ2) is 7.83. The van der Waals surface area contributed by atoms with Crippen LogP contribution in [0.3, 0.4) is 0 Å². The zero-order valence-corrected chi connectivity index (χ0v) is 10.3. The van der Waals surface area contributed by atoms with Crippen molar-refractivity contribution in [1.82, 2.24) is 16.2 Å². The number of nitrogens with one attached hydrogen (secondary N) is 3. The van der Waals surface area contributed by atoms with Gasteiger partial charge in [-0.1, -0.05) is 30.3 Å². The topological polar surface area (TPSA) is 113 Å². The number of imide groups is 1. The van der Waals surface area contributed by atoms with E-state index in [0.29, 0.717) is 6.42 Å². The summed E-state index contributed by atoms with van der Waals surface area (Å²) >= 11 is 0. The van der Waals surface area contributed by atoms with Crippen LogP contribution >= 0.6 is 0 Å². The van der Waals surface area contributed by atoms with E-state index in [-0.39, 0.29) is 13.0 Å². The van der Waals surface area contributed by atoms with E-state index in [1.54, 1.807) is 0 Å². The molecule has 0 aliphatic carbocycles. The first-order valence-corrected chi connectivity index (χ1v) is 5.74. The fourth-order valence-electron chi connectivity index (χ4n) is 1.30. The van der Waals surface area contributed by atoms with Gasteiger partial charge in [0.1, 0.15) is 0 Å². The Kier molecular flexibility index (Phi) is 6.04. The first-order valence-electron chi connectivity index (χ1n) is 5.74. The number of carbonyl (C=O) groups excluding carboxylic acids is 3. The second-order valence-electron chi connectivity index (χ2n) is 3.74. The Labute approximate surface area is 110 Å². The van der Waals surface area contributed by atoms with Crippen LogP contribution < -0.4 is 21.9 Å². The Balaban J connectivity index is 2.24. The minimum Gasteiger partial charge on any atom is -0.322 e. The molecule has 0 saturated heterocycles. The van der Waals surface area contributed by atoms with Gasteiger partial charge < -0.3 is 5.73 Å². The highest BCUT2D eigenvalue weighted by Gasteiger charge is 2.08. The molecule has 0 unspecified atom stereocenters. The number of carbonyl (C=O) groups is 3. The first-order chi connectivity index (χ1) is 9.11. The third-order valence-corrected chi connectivity index (χ3v) is 2.24. The molecule has 7 nitrogen and oxygen atoms in total. The fraction of sp³-hybridized carbons (Fsp3) is 0.250. The van der Waals surface area contributed by atoms with Crippen molar-refractivity contribution in [3.8, 4) is 0 Å². The van der Waals surface area contributed by atoms with Crippen LogP contribution in [0.2, 0.25) is 0 Å². The third kappa shape index (κ3) is 6.18. The van der Waals surface area contributed by atoms with Gasteiger partial charge in [0.15, 0.2) is 0 Å². The fourth-order valence-corrected chi connectivity index (χ4v) is 1.30. The standard InChI is InChI=1S/C12H16N4O3/c13-8-11(18)15-16-12(19)14-10(17)7-6-9-4-2-1-3-5-9/h1-5H,6-8,13H2,(H,15,18)(H2,14,16,17,19). The highest BCUT2D eigenvalue weighted by molar-refractivity contribution is 5.95. The van der Waals surface area contributed by atoms with Crippen molar-refractivity contribution in [3.05, 3.63) is 35.9 Å². The van der Waals surface area contributed by atoms with Gasteiger partial charge in [-0.25, -0.2) is 10.2 Å². The number of hydrogen-bond acceptors (Lipinski definition) is 4. The maximum atomic E-state index is 11.4. The molecule has 0 radical (unpaired) electrons. The van der Waals surface area contributed by atoms with Crippen molar-refractivity contribution >= 4 is 17.8 Å². The lowest BCUT2D eigenvalue weighted by atomic mass is 10.1. The molecule has 0 aliphatic rings. The molecule has 7 heteroatoms. The average molecular weight is 264 g/mol. The molecule has 0 spiro atoms. The molecule has 102 valence electrons. The Morgan fingerprint density at radius 3 is 2.32 bits per heavy atom. The summed E-state index contributed by atoms with van der Waals surface area (Å²) < 4.78 is 0. The molecular formula is C12H16N4O3. The normalized spacial score (nSPS) is 9.53. The van der Waals surface area contributed by atoms with E-state index in [0.717, 1.165) is 5.56 Å². The molecule has 1 rings (SSSR count). The van der Waals surface area contributed by atoms with Crippen LogP contribution in [-0.2, 0) is 16.0 Å². The minimum atomic E-state index is -0.792. The van der Waals surface area contributed by atoms with E-state index in [4.69, 9.17) is 5.73 Å². The lowest BCUT2D eigenvalue weighted by molar-refractivity contribution is -0.121. The molecule has 5 N–H and O–H groups in total.